The Labute approximate surface area is 269 Å². The van der Waals surface area contributed by atoms with Crippen molar-refractivity contribution in [3.05, 3.63) is 198 Å². The third-order valence-electron chi connectivity index (χ3n) is 9.45. The van der Waals surface area contributed by atoms with Crippen molar-refractivity contribution in [1.29, 1.82) is 0 Å². The molecule has 216 valence electrons. The number of allylic oxidation sites excluding steroid dienone is 2. The van der Waals surface area contributed by atoms with Crippen LogP contribution in [0.3, 0.4) is 0 Å². The lowest BCUT2D eigenvalue weighted by Gasteiger charge is -2.23. The predicted molar refractivity (Wildman–Crippen MR) is 195 cm³/mol. The molecule has 0 unspecified atom stereocenters. The van der Waals surface area contributed by atoms with Crippen LogP contribution in [-0.4, -0.2) is 0 Å². The van der Waals surface area contributed by atoms with Crippen LogP contribution in [0.15, 0.2) is 176 Å². The normalized spacial score (nSPS) is 14.6. The first-order chi connectivity index (χ1) is 22.7. The minimum Gasteiger partial charge on any atom is -0.309 e. The van der Waals surface area contributed by atoms with Gasteiger partial charge in [0.05, 0.1) is 0 Å². The maximum Gasteiger partial charge on any atom is 0.173 e. The van der Waals surface area contributed by atoms with Crippen molar-refractivity contribution < 1.29 is 4.57 Å². The van der Waals surface area contributed by atoms with Crippen LogP contribution in [-0.2, 0) is 4.57 Å². The fraction of sp³-hybridized carbons (Fsp3) is 0. The molecule has 2 aliphatic rings. The Morgan fingerprint density at radius 2 is 0.696 bits per heavy atom. The number of hydrogen-bond donors (Lipinski definition) is 0. The SMILES string of the molecule is O=P1(c2ccccc2)C(c2ccc(-c3ccccc3)cc2)=C2C(=C1c1ccc(-c3ccccc3)cc1)c1cccc3cccc2c13. The van der Waals surface area contributed by atoms with Gasteiger partial charge < -0.3 is 4.57 Å². The van der Waals surface area contributed by atoms with Gasteiger partial charge in [0.15, 0.2) is 7.14 Å². The second-order valence-electron chi connectivity index (χ2n) is 12.0. The van der Waals surface area contributed by atoms with Crippen LogP contribution in [0.1, 0.15) is 22.3 Å². The van der Waals surface area contributed by atoms with Crippen LogP contribution < -0.4 is 5.30 Å². The Bertz CT molecular complexity index is 2240. The molecule has 0 amide bonds. The largest absolute Gasteiger partial charge is 0.309 e. The molecule has 0 N–H and O–H groups in total. The zero-order valence-corrected chi connectivity index (χ0v) is 26.0. The first kappa shape index (κ1) is 26.9. The van der Waals surface area contributed by atoms with Crippen LogP contribution in [0.5, 0.6) is 0 Å². The van der Waals surface area contributed by atoms with Gasteiger partial charge in [-0.05, 0) is 55.3 Å². The molecule has 0 fully saturated rings. The van der Waals surface area contributed by atoms with Gasteiger partial charge in [-0.25, -0.2) is 0 Å². The zero-order valence-electron chi connectivity index (χ0n) is 25.1. The molecule has 0 radical (unpaired) electrons. The summed E-state index contributed by atoms with van der Waals surface area (Å²) in [6, 6.07) is 61.4. The summed E-state index contributed by atoms with van der Waals surface area (Å²) >= 11 is 0. The molecule has 0 spiro atoms. The molecule has 1 heterocycles. The van der Waals surface area contributed by atoms with Gasteiger partial charge in [0.25, 0.3) is 0 Å². The predicted octanol–water partition coefficient (Wildman–Crippen LogP) is 11.6. The molecule has 7 aromatic carbocycles. The average Bonchev–Trinajstić information content (AvgIpc) is 3.60. The molecule has 0 bridgehead atoms. The molecule has 0 aromatic heterocycles. The average molecular weight is 605 g/mol. The van der Waals surface area contributed by atoms with Crippen molar-refractivity contribution in [2.75, 3.05) is 0 Å². The van der Waals surface area contributed by atoms with Crippen molar-refractivity contribution in [3.63, 3.8) is 0 Å². The lowest BCUT2D eigenvalue weighted by atomic mass is 9.96. The Balaban J connectivity index is 1.34. The molecule has 0 saturated carbocycles. The molecule has 0 atom stereocenters. The molecular weight excluding hydrogens is 575 g/mol. The first-order valence-electron chi connectivity index (χ1n) is 15.7. The second kappa shape index (κ2) is 10.6. The Morgan fingerprint density at radius 3 is 1.13 bits per heavy atom. The third-order valence-corrected chi connectivity index (χ3v) is 12.7. The van der Waals surface area contributed by atoms with Crippen molar-refractivity contribution in [2.24, 2.45) is 0 Å². The fourth-order valence-electron chi connectivity index (χ4n) is 7.40. The highest BCUT2D eigenvalue weighted by atomic mass is 31.2. The van der Waals surface area contributed by atoms with Crippen LogP contribution in [0.2, 0.25) is 0 Å². The summed E-state index contributed by atoms with van der Waals surface area (Å²) < 4.78 is 16.4. The third kappa shape index (κ3) is 3.99. The molecule has 1 nitrogen and oxygen atoms in total. The van der Waals surface area contributed by atoms with Gasteiger partial charge in [-0.3, -0.25) is 0 Å². The lowest BCUT2D eigenvalue weighted by molar-refractivity contribution is 0.593. The van der Waals surface area contributed by atoms with E-state index < -0.39 is 7.14 Å². The summed E-state index contributed by atoms with van der Waals surface area (Å²) in [6.07, 6.45) is 0. The lowest BCUT2D eigenvalue weighted by Crippen LogP contribution is -2.06. The van der Waals surface area contributed by atoms with Gasteiger partial charge in [0, 0.05) is 27.1 Å². The van der Waals surface area contributed by atoms with Crippen LogP contribution >= 0.6 is 7.14 Å². The van der Waals surface area contributed by atoms with Gasteiger partial charge in [0.1, 0.15) is 0 Å². The highest BCUT2D eigenvalue weighted by Crippen LogP contribution is 2.78. The van der Waals surface area contributed by atoms with Crippen molar-refractivity contribution in [2.45, 2.75) is 0 Å². The molecule has 7 aromatic rings. The quantitative estimate of drug-likeness (QED) is 0.179. The van der Waals surface area contributed by atoms with Gasteiger partial charge in [-0.15, -0.1) is 0 Å². The summed E-state index contributed by atoms with van der Waals surface area (Å²) in [4.78, 5) is 0. The van der Waals surface area contributed by atoms with E-state index in [0.29, 0.717) is 0 Å². The maximum atomic E-state index is 16.4. The topological polar surface area (TPSA) is 17.1 Å². The fourth-order valence-corrected chi connectivity index (χ4v) is 10.8. The monoisotopic (exact) mass is 604 g/mol. The van der Waals surface area contributed by atoms with E-state index in [1.165, 1.54) is 21.9 Å². The van der Waals surface area contributed by atoms with E-state index in [2.05, 4.69) is 133 Å². The molecule has 9 rings (SSSR count). The summed E-state index contributed by atoms with van der Waals surface area (Å²) in [5, 5.41) is 5.17. The highest BCUT2D eigenvalue weighted by Gasteiger charge is 2.48. The maximum absolute atomic E-state index is 16.4. The minimum absolute atomic E-state index is 0.860. The first-order valence-corrected chi connectivity index (χ1v) is 17.4. The number of fused-ring (bicyclic) bond motifs is 3. The smallest absolute Gasteiger partial charge is 0.173 e. The molecular formula is C44H29OP. The van der Waals surface area contributed by atoms with Gasteiger partial charge in [-0.2, -0.15) is 0 Å². The summed E-state index contributed by atoms with van der Waals surface area (Å²) in [6.45, 7) is 0. The molecule has 1 aliphatic heterocycles. The van der Waals surface area contributed by atoms with Crippen LogP contribution in [0.4, 0.5) is 0 Å². The summed E-state index contributed by atoms with van der Waals surface area (Å²) in [5.74, 6) is 0. The van der Waals surface area contributed by atoms with Gasteiger partial charge in [0.2, 0.25) is 0 Å². The van der Waals surface area contributed by atoms with Crippen LogP contribution in [0, 0.1) is 0 Å². The Hall–Kier alpha value is -5.49. The zero-order chi connectivity index (χ0) is 30.7. The minimum atomic E-state index is -3.34. The van der Waals surface area contributed by atoms with E-state index in [4.69, 9.17) is 0 Å². The van der Waals surface area contributed by atoms with Crippen molar-refractivity contribution in [1.82, 2.24) is 0 Å². The molecule has 2 heteroatoms. The summed E-state index contributed by atoms with van der Waals surface area (Å²) in [5.41, 5.74) is 11.2. The number of benzene rings is 7. The van der Waals surface area contributed by atoms with E-state index in [-0.39, 0.29) is 0 Å². The van der Waals surface area contributed by atoms with Crippen molar-refractivity contribution in [3.8, 4) is 22.3 Å². The molecule has 46 heavy (non-hydrogen) atoms. The Kier molecular flexibility index (Phi) is 6.17. The van der Waals surface area contributed by atoms with Crippen LogP contribution in [0.25, 0.3) is 54.8 Å². The standard InChI is InChI=1S/C44H29OP/c45-46(37-18-8-3-9-19-37)43(35-26-22-32(23-27-35)30-12-4-1-5-13-30)41-38-20-10-16-34-17-11-21-39(40(34)38)42(41)44(46)36-28-24-33(25-29-36)31-14-6-2-7-15-31/h1-29H. The number of hydrogen-bond acceptors (Lipinski definition) is 1. The second-order valence-corrected chi connectivity index (χ2v) is 14.6. The van der Waals surface area contributed by atoms with Gasteiger partial charge in [-0.1, -0.05) is 176 Å². The van der Waals surface area contributed by atoms with E-state index in [0.717, 1.165) is 60.5 Å². The van der Waals surface area contributed by atoms with E-state index >= 15 is 4.57 Å². The summed E-state index contributed by atoms with van der Waals surface area (Å²) in [7, 11) is -3.34. The molecule has 0 saturated heterocycles. The van der Waals surface area contributed by atoms with Gasteiger partial charge >= 0.3 is 0 Å². The van der Waals surface area contributed by atoms with E-state index in [1.807, 2.05) is 42.5 Å². The van der Waals surface area contributed by atoms with E-state index in [9.17, 15) is 0 Å². The Morgan fingerprint density at radius 1 is 0.326 bits per heavy atom. The highest BCUT2D eigenvalue weighted by molar-refractivity contribution is 7.91. The number of rotatable bonds is 5. The van der Waals surface area contributed by atoms with E-state index in [1.54, 1.807) is 0 Å². The molecule has 1 aliphatic carbocycles. The van der Waals surface area contributed by atoms with Crippen molar-refractivity contribution >= 4 is 45.0 Å².